The van der Waals surface area contributed by atoms with Crippen LogP contribution in [-0.2, 0) is 9.53 Å². The molecule has 3 aliphatic rings. The van der Waals surface area contributed by atoms with Gasteiger partial charge in [-0.2, -0.15) is 0 Å². The van der Waals surface area contributed by atoms with Gasteiger partial charge in [0.15, 0.2) is 0 Å². The van der Waals surface area contributed by atoms with Crippen LogP contribution in [0.1, 0.15) is 51.9 Å². The quantitative estimate of drug-likeness (QED) is 0.849. The van der Waals surface area contributed by atoms with Gasteiger partial charge in [-0.3, -0.25) is 4.79 Å². The lowest BCUT2D eigenvalue weighted by molar-refractivity contribution is -0.156. The summed E-state index contributed by atoms with van der Waals surface area (Å²) >= 11 is 0. The molecule has 1 saturated carbocycles. The second-order valence-corrected chi connectivity index (χ2v) is 6.23. The molecular formula is C15H27ClN2O2. The van der Waals surface area contributed by atoms with Gasteiger partial charge in [0, 0.05) is 6.54 Å². The molecule has 1 N–H and O–H groups in total. The number of ether oxygens (including phenoxy) is 1. The highest BCUT2D eigenvalue weighted by atomic mass is 35.5. The fourth-order valence-corrected chi connectivity index (χ4v) is 4.07. The number of morpholine rings is 1. The maximum atomic E-state index is 13.0. The molecule has 0 radical (unpaired) electrons. The Hall–Kier alpha value is -0.320. The van der Waals surface area contributed by atoms with Gasteiger partial charge in [-0.05, 0) is 38.6 Å². The highest BCUT2D eigenvalue weighted by molar-refractivity contribution is 5.87. The molecule has 4 nitrogen and oxygen atoms in total. The minimum atomic E-state index is -0.278. The molecular weight excluding hydrogens is 276 g/mol. The van der Waals surface area contributed by atoms with E-state index in [4.69, 9.17) is 4.74 Å². The van der Waals surface area contributed by atoms with E-state index in [1.54, 1.807) is 0 Å². The fourth-order valence-electron chi connectivity index (χ4n) is 4.07. The van der Waals surface area contributed by atoms with Gasteiger partial charge < -0.3 is 15.0 Å². The van der Waals surface area contributed by atoms with Crippen molar-refractivity contribution in [3.63, 3.8) is 0 Å². The Labute approximate surface area is 128 Å². The van der Waals surface area contributed by atoms with Crippen molar-refractivity contribution in [1.29, 1.82) is 0 Å². The second-order valence-electron chi connectivity index (χ2n) is 6.23. The normalized spacial score (nSPS) is 37.1. The third-order valence-corrected chi connectivity index (χ3v) is 5.25. The summed E-state index contributed by atoms with van der Waals surface area (Å²) in [4.78, 5) is 15.2. The van der Waals surface area contributed by atoms with Crippen LogP contribution in [0.5, 0.6) is 0 Å². The van der Waals surface area contributed by atoms with E-state index in [1.165, 1.54) is 12.8 Å². The molecule has 3 atom stereocenters. The lowest BCUT2D eigenvalue weighted by Crippen LogP contribution is -2.62. The van der Waals surface area contributed by atoms with Crippen molar-refractivity contribution in [2.24, 2.45) is 0 Å². The molecule has 2 saturated heterocycles. The minimum Gasteiger partial charge on any atom is -0.374 e. The van der Waals surface area contributed by atoms with Gasteiger partial charge in [0.2, 0.25) is 5.91 Å². The molecule has 20 heavy (non-hydrogen) atoms. The van der Waals surface area contributed by atoms with E-state index in [1.807, 2.05) is 0 Å². The van der Waals surface area contributed by atoms with Gasteiger partial charge >= 0.3 is 0 Å². The van der Waals surface area contributed by atoms with Gasteiger partial charge in [0.05, 0.1) is 24.3 Å². The molecule has 2 aliphatic heterocycles. The number of rotatable bonds is 2. The zero-order valence-corrected chi connectivity index (χ0v) is 13.2. The van der Waals surface area contributed by atoms with Crippen LogP contribution in [0, 0.1) is 0 Å². The first kappa shape index (κ1) is 16.1. The van der Waals surface area contributed by atoms with Crippen LogP contribution in [-0.4, -0.2) is 48.2 Å². The second kappa shape index (κ2) is 6.63. The summed E-state index contributed by atoms with van der Waals surface area (Å²) in [6.07, 6.45) is 8.05. The Bertz CT molecular complexity index is 343. The maximum absolute atomic E-state index is 13.0. The highest BCUT2D eigenvalue weighted by Gasteiger charge is 2.46. The zero-order valence-electron chi connectivity index (χ0n) is 12.4. The molecule has 0 aromatic rings. The third-order valence-electron chi connectivity index (χ3n) is 5.25. The maximum Gasteiger partial charge on any atom is 0.243 e. The standard InChI is InChI=1S/C15H26N2O2.ClH/c1-2-15(8-5-9-16-15)14(18)17-10-11-19-13-7-4-3-6-12(13)17;/h12-13,16H,2-11H2,1H3;1H. The average Bonchev–Trinajstić information content (AvgIpc) is 2.96. The third kappa shape index (κ3) is 2.70. The van der Waals surface area contributed by atoms with Crippen LogP contribution in [0.2, 0.25) is 0 Å². The number of hydrogen-bond donors (Lipinski definition) is 1. The van der Waals surface area contributed by atoms with Gasteiger partial charge in [0.1, 0.15) is 0 Å². The Balaban J connectivity index is 0.00000147. The van der Waals surface area contributed by atoms with Crippen molar-refractivity contribution in [3.8, 4) is 0 Å². The van der Waals surface area contributed by atoms with Crippen LogP contribution >= 0.6 is 12.4 Å². The average molecular weight is 303 g/mol. The van der Waals surface area contributed by atoms with Crippen LogP contribution < -0.4 is 5.32 Å². The molecule has 0 aromatic carbocycles. The molecule has 1 aliphatic carbocycles. The molecule has 0 spiro atoms. The number of amides is 1. The van der Waals surface area contributed by atoms with Crippen molar-refractivity contribution < 1.29 is 9.53 Å². The summed E-state index contributed by atoms with van der Waals surface area (Å²) in [5, 5.41) is 3.48. The van der Waals surface area contributed by atoms with Crippen molar-refractivity contribution in [2.75, 3.05) is 19.7 Å². The van der Waals surface area contributed by atoms with Gasteiger partial charge in [-0.1, -0.05) is 19.8 Å². The molecule has 0 aromatic heterocycles. The van der Waals surface area contributed by atoms with E-state index in [0.717, 1.165) is 45.2 Å². The number of fused-ring (bicyclic) bond motifs is 1. The summed E-state index contributed by atoms with van der Waals surface area (Å²) < 4.78 is 5.88. The van der Waals surface area contributed by atoms with Gasteiger partial charge in [-0.15, -0.1) is 12.4 Å². The lowest BCUT2D eigenvalue weighted by atomic mass is 9.86. The number of carbonyl (C=O) groups excluding carboxylic acids is 1. The first-order valence-electron chi connectivity index (χ1n) is 7.94. The Kier molecular flexibility index (Phi) is 5.32. The van der Waals surface area contributed by atoms with Crippen LogP contribution in [0.15, 0.2) is 0 Å². The van der Waals surface area contributed by atoms with E-state index >= 15 is 0 Å². The predicted molar refractivity (Wildman–Crippen MR) is 81.2 cm³/mol. The van der Waals surface area contributed by atoms with Crippen molar-refractivity contribution in [3.05, 3.63) is 0 Å². The molecule has 3 fully saturated rings. The van der Waals surface area contributed by atoms with Crippen molar-refractivity contribution in [1.82, 2.24) is 10.2 Å². The SMILES string of the molecule is CCC1(C(=O)N2CCOC3CCCCC32)CCCN1.Cl. The van der Waals surface area contributed by atoms with Gasteiger partial charge in [-0.25, -0.2) is 0 Å². The Morgan fingerprint density at radius 2 is 2.15 bits per heavy atom. The highest BCUT2D eigenvalue weighted by Crippen LogP contribution is 2.33. The lowest BCUT2D eigenvalue weighted by Gasteiger charge is -2.46. The van der Waals surface area contributed by atoms with E-state index in [-0.39, 0.29) is 17.9 Å². The fraction of sp³-hybridized carbons (Fsp3) is 0.933. The summed E-state index contributed by atoms with van der Waals surface area (Å²) in [6.45, 7) is 4.61. The largest absolute Gasteiger partial charge is 0.374 e. The van der Waals surface area contributed by atoms with Crippen LogP contribution in [0.4, 0.5) is 0 Å². The molecule has 3 rings (SSSR count). The van der Waals surface area contributed by atoms with E-state index in [9.17, 15) is 4.79 Å². The summed E-state index contributed by atoms with van der Waals surface area (Å²) in [6, 6.07) is 0.334. The number of carbonyl (C=O) groups is 1. The Morgan fingerprint density at radius 3 is 2.85 bits per heavy atom. The van der Waals surface area contributed by atoms with Gasteiger partial charge in [0.25, 0.3) is 0 Å². The molecule has 116 valence electrons. The number of nitrogens with zero attached hydrogens (tertiary/aromatic N) is 1. The molecule has 3 unspecified atom stereocenters. The molecule has 1 amide bonds. The number of nitrogens with one attached hydrogen (secondary N) is 1. The molecule has 0 bridgehead atoms. The predicted octanol–water partition coefficient (Wildman–Crippen LogP) is 2.11. The molecule has 2 heterocycles. The number of hydrogen-bond acceptors (Lipinski definition) is 3. The smallest absolute Gasteiger partial charge is 0.243 e. The monoisotopic (exact) mass is 302 g/mol. The van der Waals surface area contributed by atoms with Crippen molar-refractivity contribution in [2.45, 2.75) is 69.6 Å². The summed E-state index contributed by atoms with van der Waals surface area (Å²) in [5.74, 6) is 0.340. The zero-order chi connectivity index (χ0) is 13.3. The Morgan fingerprint density at radius 1 is 1.35 bits per heavy atom. The minimum absolute atomic E-state index is 0. The van der Waals surface area contributed by atoms with E-state index < -0.39 is 0 Å². The molecule has 5 heteroatoms. The van der Waals surface area contributed by atoms with Crippen molar-refractivity contribution >= 4 is 18.3 Å². The number of halogens is 1. The topological polar surface area (TPSA) is 41.6 Å². The van der Waals surface area contributed by atoms with Crippen LogP contribution in [0.25, 0.3) is 0 Å². The summed E-state index contributed by atoms with van der Waals surface area (Å²) in [5.41, 5.74) is -0.278. The first-order chi connectivity index (χ1) is 9.27. The first-order valence-corrected chi connectivity index (χ1v) is 7.94. The summed E-state index contributed by atoms with van der Waals surface area (Å²) in [7, 11) is 0. The van der Waals surface area contributed by atoms with Crippen LogP contribution in [0.3, 0.4) is 0 Å². The van der Waals surface area contributed by atoms with E-state index in [2.05, 4.69) is 17.1 Å². The van der Waals surface area contributed by atoms with E-state index in [0.29, 0.717) is 24.7 Å².